The van der Waals surface area contributed by atoms with E-state index in [2.05, 4.69) is 0 Å². The molecule has 2 aliphatic heterocycles. The Kier molecular flexibility index (Phi) is 7.56. The van der Waals surface area contributed by atoms with Crippen LogP contribution in [0.15, 0.2) is 72.8 Å². The summed E-state index contributed by atoms with van der Waals surface area (Å²) in [6.45, 7) is 0. The summed E-state index contributed by atoms with van der Waals surface area (Å²) in [4.78, 5) is 14.9. The molecule has 7 nitrogen and oxygen atoms in total. The highest BCUT2D eigenvalue weighted by Gasteiger charge is 2.48. The number of hydrogen-bond acceptors (Lipinski definition) is 6. The number of anilines is 1. The van der Waals surface area contributed by atoms with Gasteiger partial charge >= 0.3 is 0 Å². The highest BCUT2D eigenvalue weighted by Crippen LogP contribution is 2.46. The van der Waals surface area contributed by atoms with E-state index in [0.29, 0.717) is 30.5 Å². The molecular formula is C29H29F2NO6. The van der Waals surface area contributed by atoms with Crippen LogP contribution < -0.4 is 4.90 Å². The summed E-state index contributed by atoms with van der Waals surface area (Å²) >= 11 is 0. The number of β-lactam (4-membered cyclic amide) rings is 1. The summed E-state index contributed by atoms with van der Waals surface area (Å²) in [5, 5.41) is 40.0. The summed E-state index contributed by atoms with van der Waals surface area (Å²) in [6, 6.07) is 18.6. The number of aryl methyl sites for hydroxylation is 1. The number of aliphatic hydroxyl groups is 4. The van der Waals surface area contributed by atoms with Gasteiger partial charge in [-0.1, -0.05) is 36.4 Å². The van der Waals surface area contributed by atoms with Crippen LogP contribution in [0.3, 0.4) is 0 Å². The van der Waals surface area contributed by atoms with Crippen LogP contribution >= 0.6 is 0 Å². The molecule has 38 heavy (non-hydrogen) atoms. The van der Waals surface area contributed by atoms with E-state index in [0.717, 1.165) is 11.1 Å². The number of ether oxygens (including phenoxy) is 1. The fraction of sp³-hybridized carbons (Fsp3) is 0.345. The molecule has 2 heterocycles. The van der Waals surface area contributed by atoms with Crippen LogP contribution in [0.2, 0.25) is 0 Å². The van der Waals surface area contributed by atoms with E-state index in [1.54, 1.807) is 53.4 Å². The molecule has 7 atom stereocenters. The molecule has 5 rings (SSSR count). The maximum Gasteiger partial charge on any atom is 0.233 e. The van der Waals surface area contributed by atoms with Crippen molar-refractivity contribution < 1.29 is 38.7 Å². The van der Waals surface area contributed by atoms with Crippen LogP contribution in [-0.2, 0) is 16.0 Å². The number of carbonyl (C=O) groups excluding carboxylic acids is 1. The van der Waals surface area contributed by atoms with Gasteiger partial charge in [-0.25, -0.2) is 8.78 Å². The second kappa shape index (κ2) is 10.9. The van der Waals surface area contributed by atoms with Gasteiger partial charge in [0.1, 0.15) is 36.1 Å². The van der Waals surface area contributed by atoms with Gasteiger partial charge in [0.25, 0.3) is 0 Å². The van der Waals surface area contributed by atoms with Crippen LogP contribution in [-0.4, -0.2) is 50.9 Å². The van der Waals surface area contributed by atoms with E-state index < -0.39 is 36.5 Å². The van der Waals surface area contributed by atoms with Crippen LogP contribution in [0.5, 0.6) is 0 Å². The van der Waals surface area contributed by atoms with E-state index in [-0.39, 0.29) is 23.7 Å². The highest BCUT2D eigenvalue weighted by molar-refractivity contribution is 6.03. The Hall–Kier alpha value is -3.21. The minimum Gasteiger partial charge on any atom is -0.387 e. The van der Waals surface area contributed by atoms with Crippen molar-refractivity contribution in [3.8, 4) is 0 Å². The highest BCUT2D eigenvalue weighted by atomic mass is 19.1. The molecule has 2 saturated heterocycles. The first kappa shape index (κ1) is 26.4. The maximum atomic E-state index is 13.5. The normalized spacial score (nSPS) is 29.3. The van der Waals surface area contributed by atoms with Crippen molar-refractivity contribution in [3.05, 3.63) is 101 Å². The first-order valence-corrected chi connectivity index (χ1v) is 12.6. The third kappa shape index (κ3) is 5.08. The predicted octanol–water partition coefficient (Wildman–Crippen LogP) is 3.16. The fourth-order valence-corrected chi connectivity index (χ4v) is 5.30. The van der Waals surface area contributed by atoms with Crippen molar-refractivity contribution >= 4 is 11.6 Å². The number of rotatable bonds is 7. The lowest BCUT2D eigenvalue weighted by Crippen LogP contribution is -2.55. The molecule has 7 unspecified atom stereocenters. The lowest BCUT2D eigenvalue weighted by atomic mass is 9.78. The van der Waals surface area contributed by atoms with Crippen molar-refractivity contribution in [2.45, 2.75) is 56.0 Å². The second-order valence-corrected chi connectivity index (χ2v) is 9.84. The Bertz CT molecular complexity index is 1250. The molecule has 1 amide bonds. The molecule has 0 aliphatic carbocycles. The maximum absolute atomic E-state index is 13.5. The van der Waals surface area contributed by atoms with E-state index in [4.69, 9.17) is 4.74 Å². The van der Waals surface area contributed by atoms with Crippen molar-refractivity contribution in [2.24, 2.45) is 5.92 Å². The molecule has 2 fully saturated rings. The number of hydrogen-bond donors (Lipinski definition) is 4. The monoisotopic (exact) mass is 525 g/mol. The molecule has 2 aliphatic rings. The van der Waals surface area contributed by atoms with Gasteiger partial charge < -0.3 is 30.1 Å². The predicted molar refractivity (Wildman–Crippen MR) is 134 cm³/mol. The number of benzene rings is 3. The van der Waals surface area contributed by atoms with Gasteiger partial charge in [-0.05, 0) is 72.4 Å². The molecule has 0 saturated carbocycles. The molecule has 0 aromatic heterocycles. The summed E-state index contributed by atoms with van der Waals surface area (Å²) in [6.07, 6.45) is -5.34. The quantitative estimate of drug-likeness (QED) is 0.353. The van der Waals surface area contributed by atoms with Gasteiger partial charge in [-0.3, -0.25) is 4.79 Å². The van der Waals surface area contributed by atoms with E-state index in [9.17, 15) is 34.0 Å². The summed E-state index contributed by atoms with van der Waals surface area (Å²) in [5.41, 5.74) is 2.86. The molecule has 0 spiro atoms. The smallest absolute Gasteiger partial charge is 0.233 e. The fourth-order valence-electron chi connectivity index (χ4n) is 5.30. The lowest BCUT2D eigenvalue weighted by molar-refractivity contribution is -0.284. The zero-order valence-corrected chi connectivity index (χ0v) is 20.4. The Morgan fingerprint density at radius 1 is 0.737 bits per heavy atom. The van der Waals surface area contributed by atoms with Crippen LogP contribution in [0, 0.1) is 17.6 Å². The molecule has 200 valence electrons. The first-order valence-electron chi connectivity index (χ1n) is 12.6. The van der Waals surface area contributed by atoms with E-state index >= 15 is 0 Å². The van der Waals surface area contributed by atoms with E-state index in [1.165, 1.54) is 24.3 Å². The lowest BCUT2D eigenvalue weighted by Gasteiger charge is -2.48. The molecule has 4 N–H and O–H groups in total. The van der Waals surface area contributed by atoms with Crippen LogP contribution in [0.1, 0.15) is 41.7 Å². The van der Waals surface area contributed by atoms with Crippen molar-refractivity contribution in [3.63, 3.8) is 0 Å². The Morgan fingerprint density at radius 3 is 1.95 bits per heavy atom. The standard InChI is InChI=1S/C29H29F2NO6/c30-19-10-4-16(5-11-19)2-1-3-22-23(32(28(22)36)21-14-12-20(31)13-15-21)17-6-8-18(9-7-17)27-25(34)24(33)26(35)29(37)38-27/h4-15,22-27,29,33-35,37H,1-3H2. The number of amides is 1. The van der Waals surface area contributed by atoms with Gasteiger partial charge in [-0.2, -0.15) is 0 Å². The summed E-state index contributed by atoms with van der Waals surface area (Å²) < 4.78 is 32.1. The van der Waals surface area contributed by atoms with Crippen molar-refractivity contribution in [1.82, 2.24) is 0 Å². The Balaban J connectivity index is 1.36. The average Bonchev–Trinajstić information content (AvgIpc) is 2.92. The number of aliphatic hydroxyl groups excluding tert-OH is 4. The largest absolute Gasteiger partial charge is 0.387 e. The molecule has 0 radical (unpaired) electrons. The second-order valence-electron chi connectivity index (χ2n) is 9.84. The topological polar surface area (TPSA) is 110 Å². The number of nitrogens with zero attached hydrogens (tertiary/aromatic N) is 1. The van der Waals surface area contributed by atoms with Gasteiger partial charge in [0.2, 0.25) is 5.91 Å². The van der Waals surface area contributed by atoms with Crippen LogP contribution in [0.4, 0.5) is 14.5 Å². The zero-order chi connectivity index (χ0) is 27.0. The van der Waals surface area contributed by atoms with Crippen molar-refractivity contribution in [2.75, 3.05) is 4.90 Å². The number of halogens is 2. The van der Waals surface area contributed by atoms with E-state index in [1.807, 2.05) is 0 Å². The molecule has 3 aromatic carbocycles. The van der Waals surface area contributed by atoms with Gasteiger partial charge in [-0.15, -0.1) is 0 Å². The number of carbonyl (C=O) groups is 1. The molecule has 9 heteroatoms. The minimum atomic E-state index is -1.65. The minimum absolute atomic E-state index is 0.0731. The zero-order valence-electron chi connectivity index (χ0n) is 20.4. The van der Waals surface area contributed by atoms with Crippen LogP contribution in [0.25, 0.3) is 0 Å². The molecule has 3 aromatic rings. The van der Waals surface area contributed by atoms with Gasteiger partial charge in [0.15, 0.2) is 6.29 Å². The third-order valence-electron chi connectivity index (χ3n) is 7.41. The first-order chi connectivity index (χ1) is 18.2. The SMILES string of the molecule is O=C1C(CCCc2ccc(F)cc2)C(c2ccc(C3OC(O)C(O)C(O)C3O)cc2)N1c1ccc(F)cc1. The van der Waals surface area contributed by atoms with Gasteiger partial charge in [0, 0.05) is 5.69 Å². The summed E-state index contributed by atoms with van der Waals surface area (Å²) in [7, 11) is 0. The third-order valence-corrected chi connectivity index (χ3v) is 7.41. The van der Waals surface area contributed by atoms with Crippen molar-refractivity contribution in [1.29, 1.82) is 0 Å². The Morgan fingerprint density at radius 2 is 1.32 bits per heavy atom. The molecule has 0 bridgehead atoms. The Labute approximate surface area is 218 Å². The average molecular weight is 526 g/mol. The van der Waals surface area contributed by atoms with Gasteiger partial charge in [0.05, 0.1) is 12.0 Å². The molecular weight excluding hydrogens is 496 g/mol. The summed E-state index contributed by atoms with van der Waals surface area (Å²) in [5.74, 6) is -1.09.